The topological polar surface area (TPSA) is 84.2 Å². The molecule has 0 radical (unpaired) electrons. The van der Waals surface area contributed by atoms with E-state index in [1.165, 1.54) is 6.07 Å². The zero-order valence-electron chi connectivity index (χ0n) is 13.5. The van der Waals surface area contributed by atoms with E-state index in [0.717, 1.165) is 0 Å². The van der Waals surface area contributed by atoms with Crippen molar-refractivity contribution < 1.29 is 14.1 Å². The molecule has 2 aromatic carbocycles. The molecule has 0 aliphatic heterocycles. The summed E-state index contributed by atoms with van der Waals surface area (Å²) in [5, 5.41) is 9.77. The van der Waals surface area contributed by atoms with Gasteiger partial charge in [-0.1, -0.05) is 34.4 Å². The largest absolute Gasteiger partial charge is 0.360 e. The molecule has 0 bridgehead atoms. The first-order valence-corrected chi connectivity index (χ1v) is 8.29. The molecule has 0 aliphatic carbocycles. The third-order valence-corrected chi connectivity index (χ3v) is 4.00. The van der Waals surface area contributed by atoms with E-state index in [1.54, 1.807) is 49.4 Å². The fourth-order valence-corrected chi connectivity index (χ4v) is 2.54. The first kappa shape index (κ1) is 18.0. The van der Waals surface area contributed by atoms with Gasteiger partial charge in [-0.3, -0.25) is 9.59 Å². The first-order chi connectivity index (χ1) is 12.4. The Kier molecular flexibility index (Phi) is 5.25. The van der Waals surface area contributed by atoms with Gasteiger partial charge in [0.05, 0.1) is 10.7 Å². The molecule has 26 heavy (non-hydrogen) atoms. The van der Waals surface area contributed by atoms with E-state index in [-0.39, 0.29) is 0 Å². The van der Waals surface area contributed by atoms with Crippen molar-refractivity contribution in [3.63, 3.8) is 0 Å². The van der Waals surface area contributed by atoms with Crippen molar-refractivity contribution in [3.8, 4) is 0 Å². The van der Waals surface area contributed by atoms with Crippen LogP contribution in [-0.4, -0.2) is 17.0 Å². The average Bonchev–Trinajstić information content (AvgIpc) is 3.03. The van der Waals surface area contributed by atoms with E-state index in [9.17, 15) is 9.59 Å². The summed E-state index contributed by atoms with van der Waals surface area (Å²) in [7, 11) is 0. The lowest BCUT2D eigenvalue weighted by Gasteiger charge is -2.09. The molecule has 0 atom stereocenters. The van der Waals surface area contributed by atoms with E-state index in [0.29, 0.717) is 38.4 Å². The van der Waals surface area contributed by atoms with Gasteiger partial charge >= 0.3 is 0 Å². The van der Waals surface area contributed by atoms with E-state index >= 15 is 0 Å². The van der Waals surface area contributed by atoms with Gasteiger partial charge in [0.2, 0.25) is 0 Å². The van der Waals surface area contributed by atoms with Gasteiger partial charge in [0.15, 0.2) is 5.82 Å². The van der Waals surface area contributed by atoms with Gasteiger partial charge < -0.3 is 15.2 Å². The third-order valence-electron chi connectivity index (χ3n) is 3.43. The summed E-state index contributed by atoms with van der Waals surface area (Å²) in [6, 6.07) is 12.6. The third kappa shape index (κ3) is 4.22. The SMILES string of the molecule is Cc1cc(NC(=O)c2cccc(C(=O)Nc3cc(Cl)ccc3Cl)c2)no1. The molecule has 2 amide bonds. The van der Waals surface area contributed by atoms with Crippen molar-refractivity contribution in [3.05, 3.63) is 75.5 Å². The van der Waals surface area contributed by atoms with Crippen LogP contribution in [0.1, 0.15) is 26.5 Å². The maximum Gasteiger partial charge on any atom is 0.256 e. The van der Waals surface area contributed by atoms with Crippen molar-refractivity contribution in [2.45, 2.75) is 6.92 Å². The van der Waals surface area contributed by atoms with Crippen LogP contribution < -0.4 is 10.6 Å². The molecule has 1 heterocycles. The predicted octanol–water partition coefficient (Wildman–Crippen LogP) is 4.79. The second-order valence-electron chi connectivity index (χ2n) is 5.44. The molecule has 0 saturated heterocycles. The molecule has 1 aromatic heterocycles. The molecule has 3 aromatic rings. The minimum atomic E-state index is -0.416. The van der Waals surface area contributed by atoms with Crippen LogP contribution in [-0.2, 0) is 0 Å². The molecule has 132 valence electrons. The zero-order valence-corrected chi connectivity index (χ0v) is 15.1. The lowest BCUT2D eigenvalue weighted by atomic mass is 10.1. The van der Waals surface area contributed by atoms with Crippen LogP contribution in [0.3, 0.4) is 0 Å². The zero-order chi connectivity index (χ0) is 18.7. The van der Waals surface area contributed by atoms with E-state index in [2.05, 4.69) is 15.8 Å². The van der Waals surface area contributed by atoms with Gasteiger partial charge in [-0.15, -0.1) is 0 Å². The van der Waals surface area contributed by atoms with Crippen LogP contribution in [0.25, 0.3) is 0 Å². The highest BCUT2D eigenvalue weighted by molar-refractivity contribution is 6.35. The molecular formula is C18H13Cl2N3O3. The maximum atomic E-state index is 12.4. The second kappa shape index (κ2) is 7.59. The minimum Gasteiger partial charge on any atom is -0.360 e. The number of carbonyl (C=O) groups is 2. The molecular weight excluding hydrogens is 377 g/mol. The lowest BCUT2D eigenvalue weighted by Crippen LogP contribution is -2.15. The molecule has 0 spiro atoms. The van der Waals surface area contributed by atoms with Crippen LogP contribution in [0.4, 0.5) is 11.5 Å². The molecule has 0 saturated carbocycles. The Morgan fingerprint density at radius 3 is 2.31 bits per heavy atom. The molecule has 0 fully saturated rings. The number of nitrogens with one attached hydrogen (secondary N) is 2. The highest BCUT2D eigenvalue weighted by Crippen LogP contribution is 2.26. The summed E-state index contributed by atoms with van der Waals surface area (Å²) in [5.41, 5.74) is 0.984. The summed E-state index contributed by atoms with van der Waals surface area (Å²) in [6.45, 7) is 1.72. The summed E-state index contributed by atoms with van der Waals surface area (Å²) < 4.78 is 4.90. The normalized spacial score (nSPS) is 10.4. The van der Waals surface area contributed by atoms with Crippen LogP contribution in [0.15, 0.2) is 53.1 Å². The number of carbonyl (C=O) groups excluding carboxylic acids is 2. The Morgan fingerprint density at radius 1 is 0.962 bits per heavy atom. The smallest absolute Gasteiger partial charge is 0.256 e. The van der Waals surface area contributed by atoms with Crippen molar-refractivity contribution >= 4 is 46.5 Å². The molecule has 3 rings (SSSR count). The lowest BCUT2D eigenvalue weighted by molar-refractivity contribution is 0.102. The van der Waals surface area contributed by atoms with E-state index in [1.807, 2.05) is 0 Å². The van der Waals surface area contributed by atoms with Gasteiger partial charge in [-0.25, -0.2) is 0 Å². The second-order valence-corrected chi connectivity index (χ2v) is 6.28. The van der Waals surface area contributed by atoms with Crippen LogP contribution in [0.5, 0.6) is 0 Å². The summed E-state index contributed by atoms with van der Waals surface area (Å²) >= 11 is 12.0. The fourth-order valence-electron chi connectivity index (χ4n) is 2.20. The van der Waals surface area contributed by atoms with Gasteiger partial charge in [0.25, 0.3) is 11.8 Å². The number of amides is 2. The molecule has 0 aliphatic rings. The first-order valence-electron chi connectivity index (χ1n) is 7.53. The number of aryl methyl sites for hydroxylation is 1. The van der Waals surface area contributed by atoms with Crippen LogP contribution in [0.2, 0.25) is 10.0 Å². The molecule has 0 unspecified atom stereocenters. The Morgan fingerprint density at radius 2 is 1.65 bits per heavy atom. The Balaban J connectivity index is 1.76. The highest BCUT2D eigenvalue weighted by Gasteiger charge is 2.13. The van der Waals surface area contributed by atoms with Crippen molar-refractivity contribution in [1.29, 1.82) is 0 Å². The molecule has 8 heteroatoms. The van der Waals surface area contributed by atoms with Crippen molar-refractivity contribution in [2.24, 2.45) is 0 Å². The number of halogens is 2. The standard InChI is InChI=1S/C18H13Cl2N3O3/c1-10-7-16(23-26-10)22-18(25)12-4-2-3-11(8-12)17(24)21-15-9-13(19)5-6-14(15)20/h2-9H,1H3,(H,21,24)(H,22,23,25). The number of rotatable bonds is 4. The van der Waals surface area contributed by atoms with Crippen LogP contribution in [0, 0.1) is 6.92 Å². The quantitative estimate of drug-likeness (QED) is 0.671. The summed E-state index contributed by atoms with van der Waals surface area (Å²) in [5.74, 6) is 0.0507. The Labute approximate surface area is 159 Å². The monoisotopic (exact) mass is 389 g/mol. The van der Waals surface area contributed by atoms with Crippen LogP contribution >= 0.6 is 23.2 Å². The van der Waals surface area contributed by atoms with E-state index in [4.69, 9.17) is 27.7 Å². The Hall–Kier alpha value is -2.83. The summed E-state index contributed by atoms with van der Waals surface area (Å²) in [6.07, 6.45) is 0. The van der Waals surface area contributed by atoms with Gasteiger partial charge in [-0.05, 0) is 43.3 Å². The average molecular weight is 390 g/mol. The molecule has 6 nitrogen and oxygen atoms in total. The molecule has 2 N–H and O–H groups in total. The number of benzene rings is 2. The number of hydrogen-bond acceptors (Lipinski definition) is 4. The van der Waals surface area contributed by atoms with Crippen molar-refractivity contribution in [2.75, 3.05) is 10.6 Å². The van der Waals surface area contributed by atoms with Gasteiger partial charge in [0.1, 0.15) is 5.76 Å². The number of anilines is 2. The van der Waals surface area contributed by atoms with Gasteiger partial charge in [-0.2, -0.15) is 0 Å². The Bertz CT molecular complexity index is 985. The fraction of sp³-hybridized carbons (Fsp3) is 0.0556. The summed E-state index contributed by atoms with van der Waals surface area (Å²) in [4.78, 5) is 24.7. The number of hydrogen-bond donors (Lipinski definition) is 2. The number of aromatic nitrogens is 1. The number of nitrogens with zero attached hydrogens (tertiary/aromatic N) is 1. The van der Waals surface area contributed by atoms with Crippen molar-refractivity contribution in [1.82, 2.24) is 5.16 Å². The van der Waals surface area contributed by atoms with E-state index < -0.39 is 11.8 Å². The minimum absolute atomic E-state index is 0.296. The maximum absolute atomic E-state index is 12.4. The van der Waals surface area contributed by atoms with Gasteiger partial charge in [0, 0.05) is 22.2 Å². The predicted molar refractivity (Wildman–Crippen MR) is 100 cm³/mol. The highest BCUT2D eigenvalue weighted by atomic mass is 35.5.